The monoisotopic (exact) mass is 315 g/mol. The summed E-state index contributed by atoms with van der Waals surface area (Å²) in [5.74, 6) is 0.742. The summed E-state index contributed by atoms with van der Waals surface area (Å²) < 4.78 is 7.03. The standard InChI is InChI=1S/C13H14ClNO2S2/c1-2-17-12(16)4-3-7-18-13-15-10-8-9(14)5-6-11(10)19-13/h5-6,8H,2-4,7H2,1H3. The van der Waals surface area contributed by atoms with Gasteiger partial charge in [-0.15, -0.1) is 11.3 Å². The molecule has 0 N–H and O–H groups in total. The summed E-state index contributed by atoms with van der Waals surface area (Å²) in [5, 5.41) is 0.705. The predicted octanol–water partition coefficient (Wildman–Crippen LogP) is 4.39. The van der Waals surface area contributed by atoms with E-state index in [1.165, 1.54) is 0 Å². The molecule has 0 saturated heterocycles. The summed E-state index contributed by atoms with van der Waals surface area (Å²) in [6.45, 7) is 2.27. The second-order valence-electron chi connectivity index (χ2n) is 3.85. The van der Waals surface area contributed by atoms with E-state index in [0.29, 0.717) is 18.1 Å². The fourth-order valence-corrected chi connectivity index (χ4v) is 3.78. The van der Waals surface area contributed by atoms with Crippen molar-refractivity contribution < 1.29 is 9.53 Å². The quantitative estimate of drug-likeness (QED) is 0.450. The number of hydrogen-bond donors (Lipinski definition) is 0. The number of rotatable bonds is 6. The molecule has 0 bridgehead atoms. The number of carbonyl (C=O) groups excluding carboxylic acids is 1. The van der Waals surface area contributed by atoms with Crippen molar-refractivity contribution in [2.45, 2.75) is 24.1 Å². The van der Waals surface area contributed by atoms with Crippen molar-refractivity contribution in [2.75, 3.05) is 12.4 Å². The molecule has 0 aliphatic heterocycles. The Morgan fingerprint density at radius 2 is 2.37 bits per heavy atom. The van der Waals surface area contributed by atoms with Crippen molar-refractivity contribution >= 4 is 50.9 Å². The van der Waals surface area contributed by atoms with Crippen molar-refractivity contribution in [1.29, 1.82) is 0 Å². The predicted molar refractivity (Wildman–Crippen MR) is 81.2 cm³/mol. The lowest BCUT2D eigenvalue weighted by atomic mass is 10.3. The number of aromatic nitrogens is 1. The van der Waals surface area contributed by atoms with Gasteiger partial charge < -0.3 is 4.74 Å². The Morgan fingerprint density at radius 3 is 3.16 bits per heavy atom. The van der Waals surface area contributed by atoms with E-state index >= 15 is 0 Å². The van der Waals surface area contributed by atoms with Gasteiger partial charge in [-0.1, -0.05) is 23.4 Å². The third-order valence-electron chi connectivity index (χ3n) is 2.39. The van der Waals surface area contributed by atoms with E-state index in [2.05, 4.69) is 4.98 Å². The maximum atomic E-state index is 11.2. The van der Waals surface area contributed by atoms with Crippen LogP contribution in [-0.4, -0.2) is 23.3 Å². The molecule has 2 rings (SSSR count). The molecular weight excluding hydrogens is 302 g/mol. The Kier molecular flexibility index (Phi) is 5.48. The Labute approximate surface area is 125 Å². The number of thiazole rings is 1. The van der Waals surface area contributed by atoms with Crippen LogP contribution >= 0.6 is 34.7 Å². The highest BCUT2D eigenvalue weighted by Gasteiger charge is 2.06. The maximum absolute atomic E-state index is 11.2. The third-order valence-corrected chi connectivity index (χ3v) is 4.89. The van der Waals surface area contributed by atoms with Crippen molar-refractivity contribution in [3.05, 3.63) is 23.2 Å². The number of halogens is 1. The van der Waals surface area contributed by atoms with Gasteiger partial charge in [0.25, 0.3) is 0 Å². The lowest BCUT2D eigenvalue weighted by Gasteiger charge is -2.00. The number of hydrogen-bond acceptors (Lipinski definition) is 5. The molecule has 0 amide bonds. The molecule has 1 aromatic heterocycles. The van der Waals surface area contributed by atoms with Crippen LogP contribution in [0, 0.1) is 0 Å². The molecule has 0 saturated carbocycles. The van der Waals surface area contributed by atoms with Crippen LogP contribution in [0.15, 0.2) is 22.5 Å². The number of benzene rings is 1. The van der Waals surface area contributed by atoms with Crippen molar-refractivity contribution in [2.24, 2.45) is 0 Å². The fourth-order valence-electron chi connectivity index (χ4n) is 1.55. The van der Waals surface area contributed by atoms with Crippen LogP contribution in [0.2, 0.25) is 5.02 Å². The third kappa shape index (κ3) is 4.37. The largest absolute Gasteiger partial charge is 0.466 e. The lowest BCUT2D eigenvalue weighted by molar-refractivity contribution is -0.143. The van der Waals surface area contributed by atoms with Crippen molar-refractivity contribution in [3.8, 4) is 0 Å². The summed E-state index contributed by atoms with van der Waals surface area (Å²) in [6, 6.07) is 5.73. The SMILES string of the molecule is CCOC(=O)CCCSc1nc2cc(Cl)ccc2s1. The van der Waals surface area contributed by atoms with Crippen LogP contribution in [0.5, 0.6) is 0 Å². The first kappa shape index (κ1) is 14.6. The molecule has 0 fully saturated rings. The molecule has 0 aliphatic rings. The molecule has 0 radical (unpaired) electrons. The number of carbonyl (C=O) groups is 1. The molecular formula is C13H14ClNO2S2. The molecule has 2 aromatic rings. The zero-order valence-electron chi connectivity index (χ0n) is 10.5. The van der Waals surface area contributed by atoms with Gasteiger partial charge in [0.05, 0.1) is 16.8 Å². The van der Waals surface area contributed by atoms with Crippen LogP contribution in [0.1, 0.15) is 19.8 Å². The summed E-state index contributed by atoms with van der Waals surface area (Å²) in [4.78, 5) is 15.7. The molecule has 102 valence electrons. The molecule has 0 spiro atoms. The first-order valence-electron chi connectivity index (χ1n) is 6.03. The minimum atomic E-state index is -0.126. The highest BCUT2D eigenvalue weighted by atomic mass is 35.5. The number of esters is 1. The lowest BCUT2D eigenvalue weighted by Crippen LogP contribution is -2.03. The van der Waals surface area contributed by atoms with E-state index < -0.39 is 0 Å². The van der Waals surface area contributed by atoms with Crippen molar-refractivity contribution in [1.82, 2.24) is 4.98 Å². The molecule has 6 heteroatoms. The number of thioether (sulfide) groups is 1. The van der Waals surface area contributed by atoms with Crippen molar-refractivity contribution in [3.63, 3.8) is 0 Å². The van der Waals surface area contributed by atoms with E-state index in [-0.39, 0.29) is 5.97 Å². The molecule has 1 aromatic carbocycles. The second kappa shape index (κ2) is 7.12. The van der Waals surface area contributed by atoms with Crippen LogP contribution in [0.3, 0.4) is 0 Å². The normalized spacial score (nSPS) is 10.8. The summed E-state index contributed by atoms with van der Waals surface area (Å²) in [7, 11) is 0. The molecule has 1 heterocycles. The topological polar surface area (TPSA) is 39.2 Å². The van der Waals surface area contributed by atoms with Gasteiger partial charge >= 0.3 is 5.97 Å². The summed E-state index contributed by atoms with van der Waals surface area (Å²) in [6.07, 6.45) is 1.28. The van der Waals surface area contributed by atoms with E-state index in [0.717, 1.165) is 26.7 Å². The number of ether oxygens (including phenoxy) is 1. The highest BCUT2D eigenvalue weighted by molar-refractivity contribution is 8.01. The average molecular weight is 316 g/mol. The minimum Gasteiger partial charge on any atom is -0.466 e. The van der Waals surface area contributed by atoms with E-state index in [1.54, 1.807) is 23.1 Å². The Balaban J connectivity index is 1.83. The summed E-state index contributed by atoms with van der Waals surface area (Å²) >= 11 is 9.25. The van der Waals surface area contributed by atoms with E-state index in [4.69, 9.17) is 16.3 Å². The molecule has 0 unspecified atom stereocenters. The average Bonchev–Trinajstić information content (AvgIpc) is 2.77. The Hall–Kier alpha value is -0.780. The summed E-state index contributed by atoms with van der Waals surface area (Å²) in [5.41, 5.74) is 0.936. The van der Waals surface area contributed by atoms with Gasteiger partial charge in [-0.2, -0.15) is 0 Å². The zero-order chi connectivity index (χ0) is 13.7. The zero-order valence-corrected chi connectivity index (χ0v) is 12.9. The number of fused-ring (bicyclic) bond motifs is 1. The van der Waals surface area contributed by atoms with Gasteiger partial charge in [-0.3, -0.25) is 4.79 Å². The van der Waals surface area contributed by atoms with Gasteiger partial charge in [0, 0.05) is 17.2 Å². The molecule has 3 nitrogen and oxygen atoms in total. The molecule has 19 heavy (non-hydrogen) atoms. The van der Waals surface area contributed by atoms with E-state index in [9.17, 15) is 4.79 Å². The smallest absolute Gasteiger partial charge is 0.305 e. The minimum absolute atomic E-state index is 0.126. The number of nitrogens with zero attached hydrogens (tertiary/aromatic N) is 1. The van der Waals surface area contributed by atoms with Gasteiger partial charge in [0.15, 0.2) is 4.34 Å². The molecule has 0 atom stereocenters. The maximum Gasteiger partial charge on any atom is 0.305 e. The molecule has 0 aliphatic carbocycles. The van der Waals surface area contributed by atoms with Crippen LogP contribution in [0.25, 0.3) is 10.2 Å². The first-order valence-corrected chi connectivity index (χ1v) is 8.21. The highest BCUT2D eigenvalue weighted by Crippen LogP contribution is 2.31. The Bertz CT molecular complexity index is 571. The fraction of sp³-hybridized carbons (Fsp3) is 0.385. The van der Waals surface area contributed by atoms with Gasteiger partial charge in [-0.05, 0) is 31.5 Å². The van der Waals surface area contributed by atoms with Gasteiger partial charge in [0.2, 0.25) is 0 Å². The van der Waals surface area contributed by atoms with Crippen LogP contribution in [-0.2, 0) is 9.53 Å². The van der Waals surface area contributed by atoms with E-state index in [1.807, 2.05) is 25.1 Å². The van der Waals surface area contributed by atoms with Gasteiger partial charge in [0.1, 0.15) is 0 Å². The van der Waals surface area contributed by atoms with Gasteiger partial charge in [-0.25, -0.2) is 4.98 Å². The first-order chi connectivity index (χ1) is 9.19. The Morgan fingerprint density at radius 1 is 1.53 bits per heavy atom. The van der Waals surface area contributed by atoms with Crippen LogP contribution in [0.4, 0.5) is 0 Å². The van der Waals surface area contributed by atoms with Crippen LogP contribution < -0.4 is 0 Å². The second-order valence-corrected chi connectivity index (χ2v) is 6.66.